The number of hydrogen-bond acceptors (Lipinski definition) is 9. The van der Waals surface area contributed by atoms with E-state index in [1.54, 1.807) is 27.7 Å². The quantitative estimate of drug-likeness (QED) is 0.495. The Kier molecular flexibility index (Phi) is 5.67. The van der Waals surface area contributed by atoms with Gasteiger partial charge in [-0.1, -0.05) is 6.07 Å². The summed E-state index contributed by atoms with van der Waals surface area (Å²) < 4.78 is 29.3. The minimum Gasteiger partial charge on any atom is -0.345 e. The van der Waals surface area contributed by atoms with Crippen LogP contribution in [0.5, 0.6) is 0 Å². The minimum absolute atomic E-state index is 0.161. The van der Waals surface area contributed by atoms with Crippen LogP contribution in [-0.4, -0.2) is 65.6 Å². The molecule has 0 bridgehead atoms. The first-order valence-corrected chi connectivity index (χ1v) is 10.1. The SMILES string of the molecule is CC1(C)O[C@@H]2O[C@@H](C(=O)NCC(=O)Nc3cccc([N+](=O)[O-])c3)[C@H]3OC(C)(C)O[C@H]3[C@H]2O1. The highest BCUT2D eigenvalue weighted by Gasteiger charge is 2.62. The molecule has 12 heteroatoms. The van der Waals surface area contributed by atoms with Crippen molar-refractivity contribution in [2.24, 2.45) is 0 Å². The summed E-state index contributed by atoms with van der Waals surface area (Å²) in [6, 6.07) is 5.48. The van der Waals surface area contributed by atoms with Gasteiger partial charge in [-0.2, -0.15) is 0 Å². The molecule has 3 heterocycles. The summed E-state index contributed by atoms with van der Waals surface area (Å²) in [7, 11) is 0. The number of carbonyl (C=O) groups excluding carboxylic acids is 2. The molecule has 0 radical (unpaired) electrons. The van der Waals surface area contributed by atoms with Gasteiger partial charge in [0.1, 0.15) is 18.3 Å². The molecular formula is C20H25N3O9. The molecule has 0 aromatic heterocycles. The Morgan fingerprint density at radius 1 is 1.03 bits per heavy atom. The number of carbonyl (C=O) groups is 2. The summed E-state index contributed by atoms with van der Waals surface area (Å²) in [6.45, 7) is 6.54. The van der Waals surface area contributed by atoms with Crippen LogP contribution in [0.1, 0.15) is 27.7 Å². The maximum atomic E-state index is 12.9. The average molecular weight is 451 g/mol. The minimum atomic E-state index is -1.09. The van der Waals surface area contributed by atoms with E-state index in [9.17, 15) is 19.7 Å². The van der Waals surface area contributed by atoms with Gasteiger partial charge < -0.3 is 34.3 Å². The third kappa shape index (κ3) is 4.59. The van der Waals surface area contributed by atoms with Crippen LogP contribution in [0.2, 0.25) is 0 Å². The molecule has 5 atom stereocenters. The molecule has 12 nitrogen and oxygen atoms in total. The maximum absolute atomic E-state index is 12.9. The number of anilines is 1. The van der Waals surface area contributed by atoms with Crippen LogP contribution >= 0.6 is 0 Å². The Hall–Kier alpha value is -2.64. The molecule has 3 saturated heterocycles. The number of ether oxygens (including phenoxy) is 5. The number of non-ortho nitro benzene ring substituents is 1. The molecule has 174 valence electrons. The van der Waals surface area contributed by atoms with Gasteiger partial charge in [0.05, 0.1) is 11.5 Å². The van der Waals surface area contributed by atoms with E-state index in [-0.39, 0.29) is 17.9 Å². The molecule has 2 amide bonds. The zero-order valence-corrected chi connectivity index (χ0v) is 18.0. The number of nitro benzene ring substituents is 1. The number of hydrogen-bond donors (Lipinski definition) is 2. The van der Waals surface area contributed by atoms with Crippen molar-refractivity contribution in [2.45, 2.75) is 70.0 Å². The van der Waals surface area contributed by atoms with Gasteiger partial charge >= 0.3 is 0 Å². The van der Waals surface area contributed by atoms with Gasteiger partial charge in [-0.3, -0.25) is 19.7 Å². The van der Waals surface area contributed by atoms with Crippen LogP contribution in [-0.2, 0) is 33.3 Å². The molecule has 4 rings (SSSR count). The van der Waals surface area contributed by atoms with Crippen molar-refractivity contribution >= 4 is 23.2 Å². The predicted molar refractivity (Wildman–Crippen MR) is 107 cm³/mol. The van der Waals surface area contributed by atoms with E-state index in [2.05, 4.69) is 10.6 Å². The Labute approximate surface area is 183 Å². The molecule has 32 heavy (non-hydrogen) atoms. The van der Waals surface area contributed by atoms with Gasteiger partial charge in [0.25, 0.3) is 11.6 Å². The fraction of sp³-hybridized carbons (Fsp3) is 0.600. The number of benzene rings is 1. The lowest BCUT2D eigenvalue weighted by molar-refractivity contribution is -0.384. The van der Waals surface area contributed by atoms with Gasteiger partial charge in [0.2, 0.25) is 5.91 Å². The normalized spacial score (nSPS) is 31.9. The van der Waals surface area contributed by atoms with Gasteiger partial charge in [0.15, 0.2) is 24.0 Å². The number of rotatable bonds is 5. The second-order valence-electron chi connectivity index (χ2n) is 8.66. The molecule has 0 spiro atoms. The highest BCUT2D eigenvalue weighted by molar-refractivity contribution is 5.95. The fourth-order valence-corrected chi connectivity index (χ4v) is 3.99. The van der Waals surface area contributed by atoms with Gasteiger partial charge in [-0.15, -0.1) is 0 Å². The van der Waals surface area contributed by atoms with Crippen molar-refractivity contribution in [2.75, 3.05) is 11.9 Å². The Morgan fingerprint density at radius 3 is 2.41 bits per heavy atom. The van der Waals surface area contributed by atoms with Gasteiger partial charge in [-0.25, -0.2) is 0 Å². The topological polar surface area (TPSA) is 147 Å². The van der Waals surface area contributed by atoms with Gasteiger partial charge in [0, 0.05) is 17.8 Å². The summed E-state index contributed by atoms with van der Waals surface area (Å²) in [5, 5.41) is 15.9. The molecule has 0 aliphatic carbocycles. The molecule has 3 aliphatic heterocycles. The van der Waals surface area contributed by atoms with Crippen LogP contribution in [0.25, 0.3) is 0 Å². The second kappa shape index (κ2) is 8.05. The molecule has 3 aliphatic rings. The largest absolute Gasteiger partial charge is 0.345 e. The number of nitrogens with one attached hydrogen (secondary N) is 2. The average Bonchev–Trinajstić information content (AvgIpc) is 3.19. The highest BCUT2D eigenvalue weighted by Crippen LogP contribution is 2.44. The van der Waals surface area contributed by atoms with Crippen molar-refractivity contribution in [3.05, 3.63) is 34.4 Å². The molecule has 0 unspecified atom stereocenters. The van der Waals surface area contributed by atoms with E-state index in [1.165, 1.54) is 24.3 Å². The zero-order valence-electron chi connectivity index (χ0n) is 18.0. The third-order valence-corrected chi connectivity index (χ3v) is 5.18. The van der Waals surface area contributed by atoms with Crippen molar-refractivity contribution < 1.29 is 38.2 Å². The molecule has 1 aromatic rings. The zero-order chi connectivity index (χ0) is 23.3. The molecule has 1 aromatic carbocycles. The van der Waals surface area contributed by atoms with E-state index in [0.717, 1.165) is 0 Å². The summed E-state index contributed by atoms with van der Waals surface area (Å²) in [6.07, 6.45) is -3.86. The standard InChI is InChI=1S/C20H25N3O9/c1-19(2)29-13-14(30-19)16-18(32-20(3,4)31-16)28-15(13)17(25)21-9-12(24)22-10-6-5-7-11(8-10)23(26)27/h5-8,13-16,18H,9H2,1-4H3,(H,21,25)(H,22,24)/t13-,14+,15+,16+,18-/m0/s1. The van der Waals surface area contributed by atoms with Crippen molar-refractivity contribution in [3.8, 4) is 0 Å². The number of fused-ring (bicyclic) bond motifs is 3. The number of nitro groups is 1. The lowest BCUT2D eigenvalue weighted by Gasteiger charge is -2.36. The van der Waals surface area contributed by atoms with Crippen molar-refractivity contribution in [3.63, 3.8) is 0 Å². The smallest absolute Gasteiger partial charge is 0.271 e. The van der Waals surface area contributed by atoms with E-state index < -0.39 is 59.0 Å². The van der Waals surface area contributed by atoms with Crippen LogP contribution in [0.4, 0.5) is 11.4 Å². The van der Waals surface area contributed by atoms with Gasteiger partial charge in [-0.05, 0) is 33.8 Å². The Bertz CT molecular complexity index is 935. The molecule has 2 N–H and O–H groups in total. The Balaban J connectivity index is 1.40. The monoisotopic (exact) mass is 451 g/mol. The summed E-state index contributed by atoms with van der Waals surface area (Å²) in [5.74, 6) is -3.02. The molecule has 0 saturated carbocycles. The van der Waals surface area contributed by atoms with E-state index in [0.29, 0.717) is 0 Å². The van der Waals surface area contributed by atoms with Crippen molar-refractivity contribution in [1.82, 2.24) is 5.32 Å². The Morgan fingerprint density at radius 2 is 1.69 bits per heavy atom. The maximum Gasteiger partial charge on any atom is 0.271 e. The fourth-order valence-electron chi connectivity index (χ4n) is 3.99. The first-order valence-electron chi connectivity index (χ1n) is 10.1. The number of nitrogens with zero attached hydrogens (tertiary/aromatic N) is 1. The molecular weight excluding hydrogens is 426 g/mol. The molecule has 3 fully saturated rings. The van der Waals surface area contributed by atoms with E-state index >= 15 is 0 Å². The summed E-state index contributed by atoms with van der Waals surface area (Å²) in [5.41, 5.74) is 0.0778. The second-order valence-corrected chi connectivity index (χ2v) is 8.66. The van der Waals surface area contributed by atoms with Crippen LogP contribution in [0, 0.1) is 10.1 Å². The first kappa shape index (κ1) is 22.6. The van der Waals surface area contributed by atoms with Crippen LogP contribution in [0.15, 0.2) is 24.3 Å². The first-order chi connectivity index (χ1) is 14.9. The highest BCUT2D eigenvalue weighted by atomic mass is 16.9. The third-order valence-electron chi connectivity index (χ3n) is 5.18. The summed E-state index contributed by atoms with van der Waals surface area (Å²) in [4.78, 5) is 35.4. The summed E-state index contributed by atoms with van der Waals surface area (Å²) >= 11 is 0. The lowest BCUT2D eigenvalue weighted by Crippen LogP contribution is -2.59. The predicted octanol–water partition coefficient (Wildman–Crippen LogP) is 1.05. The number of amides is 2. The van der Waals surface area contributed by atoms with Crippen molar-refractivity contribution in [1.29, 1.82) is 0 Å². The van der Waals surface area contributed by atoms with Crippen LogP contribution in [0.3, 0.4) is 0 Å². The van der Waals surface area contributed by atoms with E-state index in [1.807, 2.05) is 0 Å². The lowest BCUT2D eigenvalue weighted by atomic mass is 9.98. The van der Waals surface area contributed by atoms with E-state index in [4.69, 9.17) is 23.7 Å². The van der Waals surface area contributed by atoms with Crippen LogP contribution < -0.4 is 10.6 Å².